The number of aryl methyl sites for hydroxylation is 1. The predicted molar refractivity (Wildman–Crippen MR) is 119 cm³/mol. The molecule has 3 heterocycles. The number of thiophene rings is 1. The second kappa shape index (κ2) is 8.35. The zero-order chi connectivity index (χ0) is 20.6. The lowest BCUT2D eigenvalue weighted by Gasteiger charge is -2.29. The van der Waals surface area contributed by atoms with Crippen molar-refractivity contribution in [3.63, 3.8) is 0 Å². The Kier molecular flexibility index (Phi) is 5.99. The van der Waals surface area contributed by atoms with Crippen molar-refractivity contribution in [2.24, 2.45) is 18.0 Å². The number of nitrogens with zero attached hydrogens (tertiary/aromatic N) is 3. The van der Waals surface area contributed by atoms with Crippen molar-refractivity contribution in [1.29, 1.82) is 0 Å². The van der Waals surface area contributed by atoms with Gasteiger partial charge in [0, 0.05) is 25.0 Å². The number of benzene rings is 1. The number of piperidine rings is 1. The second-order valence-electron chi connectivity index (χ2n) is 6.86. The monoisotopic (exact) mass is 467 g/mol. The van der Waals surface area contributed by atoms with Gasteiger partial charge in [-0.15, -0.1) is 23.1 Å². The molecule has 0 aliphatic carbocycles. The van der Waals surface area contributed by atoms with Gasteiger partial charge in [-0.3, -0.25) is 4.79 Å². The summed E-state index contributed by atoms with van der Waals surface area (Å²) in [6.07, 6.45) is 3.35. The van der Waals surface area contributed by atoms with Crippen LogP contribution in [0, 0.1) is 5.92 Å². The first-order chi connectivity index (χ1) is 13.9. The number of sulfonamides is 1. The molecule has 0 saturated carbocycles. The van der Waals surface area contributed by atoms with Crippen LogP contribution in [-0.4, -0.2) is 42.5 Å². The molecule has 1 atom stereocenters. The van der Waals surface area contributed by atoms with Crippen molar-refractivity contribution in [2.75, 3.05) is 19.3 Å². The summed E-state index contributed by atoms with van der Waals surface area (Å²) in [5.74, 6) is -0.659. The smallest absolute Gasteiger partial charge is 0.252 e. The summed E-state index contributed by atoms with van der Waals surface area (Å²) in [5, 5.41) is 1.75. The first kappa shape index (κ1) is 20.8. The van der Waals surface area contributed by atoms with Gasteiger partial charge in [0.05, 0.1) is 16.1 Å². The average molecular weight is 468 g/mol. The quantitative estimate of drug-likeness (QED) is 0.550. The molecule has 1 fully saturated rings. The highest BCUT2D eigenvalue weighted by atomic mass is 32.2. The minimum atomic E-state index is -3.54. The molecule has 0 radical (unpaired) electrons. The Labute approximate surface area is 181 Å². The van der Waals surface area contributed by atoms with Gasteiger partial charge in [-0.05, 0) is 48.7 Å². The van der Waals surface area contributed by atoms with Gasteiger partial charge in [0.1, 0.15) is 4.21 Å². The Hall–Kier alpha value is -1.46. The fourth-order valence-corrected chi connectivity index (χ4v) is 7.68. The van der Waals surface area contributed by atoms with E-state index in [0.717, 1.165) is 10.2 Å². The topological polar surface area (TPSA) is 71.7 Å². The Bertz CT molecular complexity index is 1210. The average Bonchev–Trinajstić information content (AvgIpc) is 3.37. The minimum Gasteiger partial charge on any atom is -0.319 e. The first-order valence-electron chi connectivity index (χ1n) is 9.16. The largest absolute Gasteiger partial charge is 0.319 e. The molecule has 4 rings (SSSR count). The molecule has 2 aromatic heterocycles. The maximum atomic E-state index is 12.9. The van der Waals surface area contributed by atoms with Crippen molar-refractivity contribution in [2.45, 2.75) is 21.9 Å². The number of hydrogen-bond acceptors (Lipinski definition) is 6. The van der Waals surface area contributed by atoms with Crippen LogP contribution in [0.2, 0.25) is 0 Å². The summed E-state index contributed by atoms with van der Waals surface area (Å²) >= 11 is 4.36. The van der Waals surface area contributed by atoms with E-state index in [1.165, 1.54) is 31.9 Å². The van der Waals surface area contributed by atoms with Crippen LogP contribution in [0.25, 0.3) is 10.2 Å². The molecule has 0 bridgehead atoms. The summed E-state index contributed by atoms with van der Waals surface area (Å²) in [5.41, 5.74) is 1.03. The lowest BCUT2D eigenvalue weighted by molar-refractivity contribution is -0.122. The summed E-state index contributed by atoms with van der Waals surface area (Å²) in [6.45, 7) is 0.631. The molecule has 0 N–H and O–H groups in total. The van der Waals surface area contributed by atoms with E-state index in [0.29, 0.717) is 28.4 Å². The summed E-state index contributed by atoms with van der Waals surface area (Å²) in [4.78, 5) is 19.1. The summed E-state index contributed by atoms with van der Waals surface area (Å²) < 4.78 is 30.3. The van der Waals surface area contributed by atoms with Crippen LogP contribution < -0.4 is 4.80 Å². The third kappa shape index (κ3) is 4.09. The highest BCUT2D eigenvalue weighted by molar-refractivity contribution is 7.98. The highest BCUT2D eigenvalue weighted by Crippen LogP contribution is 2.27. The number of rotatable bonds is 4. The Morgan fingerprint density at radius 3 is 2.86 bits per heavy atom. The first-order valence-corrected chi connectivity index (χ1v) is 13.5. The van der Waals surface area contributed by atoms with Gasteiger partial charge in [0.25, 0.3) is 15.9 Å². The number of hydrogen-bond donors (Lipinski definition) is 0. The van der Waals surface area contributed by atoms with E-state index >= 15 is 0 Å². The molecule has 1 unspecified atom stereocenters. The van der Waals surface area contributed by atoms with Crippen LogP contribution >= 0.6 is 34.4 Å². The standard InChI is InChI=1S/C19H21N3O3S4/c1-21-15-8-7-14(26-2)11-16(15)28-19(21)20-18(23)13-5-3-9-22(12-13)29(24,25)17-6-4-10-27-17/h4,6-8,10-11,13H,3,5,9,12H2,1-2H3. The van der Waals surface area contributed by atoms with Crippen LogP contribution in [0.4, 0.5) is 0 Å². The summed E-state index contributed by atoms with van der Waals surface area (Å²) in [7, 11) is -1.64. The molecule has 6 nitrogen and oxygen atoms in total. The maximum Gasteiger partial charge on any atom is 0.252 e. The van der Waals surface area contributed by atoms with E-state index in [-0.39, 0.29) is 12.5 Å². The van der Waals surface area contributed by atoms with Crippen molar-refractivity contribution in [3.05, 3.63) is 40.5 Å². The number of carbonyl (C=O) groups excluding carboxylic acids is 1. The predicted octanol–water partition coefficient (Wildman–Crippen LogP) is 3.55. The Morgan fingerprint density at radius 2 is 2.14 bits per heavy atom. The molecule has 10 heteroatoms. The molecular formula is C19H21N3O3S4. The minimum absolute atomic E-state index is 0.188. The maximum absolute atomic E-state index is 12.9. The molecular weight excluding hydrogens is 446 g/mol. The van der Waals surface area contributed by atoms with Crippen LogP contribution in [0.5, 0.6) is 0 Å². The van der Waals surface area contributed by atoms with Crippen LogP contribution in [-0.2, 0) is 21.9 Å². The third-order valence-corrected chi connectivity index (χ3v) is 10.1. The number of aromatic nitrogens is 1. The second-order valence-corrected chi connectivity index (χ2v) is 11.9. The van der Waals surface area contributed by atoms with Gasteiger partial charge in [0.2, 0.25) is 0 Å². The molecule has 0 spiro atoms. The van der Waals surface area contributed by atoms with Crippen molar-refractivity contribution in [3.8, 4) is 0 Å². The number of amides is 1. The van der Waals surface area contributed by atoms with E-state index in [4.69, 9.17) is 0 Å². The van der Waals surface area contributed by atoms with Gasteiger partial charge in [-0.2, -0.15) is 9.30 Å². The third-order valence-electron chi connectivity index (χ3n) is 5.04. The van der Waals surface area contributed by atoms with Crippen molar-refractivity contribution >= 4 is 60.6 Å². The molecule has 3 aromatic rings. The number of fused-ring (bicyclic) bond motifs is 1. The molecule has 29 heavy (non-hydrogen) atoms. The Morgan fingerprint density at radius 1 is 1.31 bits per heavy atom. The fourth-order valence-electron chi connectivity index (χ4n) is 3.43. The molecule has 154 valence electrons. The van der Waals surface area contributed by atoms with Gasteiger partial charge < -0.3 is 4.57 Å². The zero-order valence-electron chi connectivity index (χ0n) is 16.1. The van der Waals surface area contributed by atoms with Crippen molar-refractivity contribution < 1.29 is 13.2 Å². The fraction of sp³-hybridized carbons (Fsp3) is 0.368. The summed E-state index contributed by atoms with van der Waals surface area (Å²) in [6, 6.07) is 9.53. The van der Waals surface area contributed by atoms with E-state index < -0.39 is 15.9 Å². The molecule has 1 amide bonds. The molecule has 1 aromatic carbocycles. The zero-order valence-corrected chi connectivity index (χ0v) is 19.3. The van der Waals surface area contributed by atoms with Gasteiger partial charge in [-0.25, -0.2) is 8.42 Å². The van der Waals surface area contributed by atoms with Gasteiger partial charge in [-0.1, -0.05) is 17.4 Å². The molecule has 1 saturated heterocycles. The Balaban J connectivity index is 1.60. The SMILES string of the molecule is CSc1ccc2c(c1)sc(=NC(=O)C1CCCN(S(=O)(=O)c3cccs3)C1)n2C. The lowest BCUT2D eigenvalue weighted by Crippen LogP contribution is -2.42. The van der Waals surface area contributed by atoms with Gasteiger partial charge in [0.15, 0.2) is 4.80 Å². The molecule has 1 aliphatic heterocycles. The highest BCUT2D eigenvalue weighted by Gasteiger charge is 2.33. The number of carbonyl (C=O) groups is 1. The molecule has 1 aliphatic rings. The van der Waals surface area contributed by atoms with Gasteiger partial charge >= 0.3 is 0 Å². The van der Waals surface area contributed by atoms with Crippen molar-refractivity contribution in [1.82, 2.24) is 8.87 Å². The van der Waals surface area contributed by atoms with E-state index in [1.807, 2.05) is 23.9 Å². The van der Waals surface area contributed by atoms with Crippen LogP contribution in [0.3, 0.4) is 0 Å². The van der Waals surface area contributed by atoms with E-state index in [1.54, 1.807) is 29.3 Å². The number of thiazole rings is 1. The van der Waals surface area contributed by atoms with Crippen LogP contribution in [0.1, 0.15) is 12.8 Å². The number of thioether (sulfide) groups is 1. The normalized spacial score (nSPS) is 19.1. The lowest BCUT2D eigenvalue weighted by atomic mass is 9.99. The van der Waals surface area contributed by atoms with Crippen LogP contribution in [0.15, 0.2) is 49.8 Å². The van der Waals surface area contributed by atoms with E-state index in [2.05, 4.69) is 17.1 Å². The van der Waals surface area contributed by atoms with E-state index in [9.17, 15) is 13.2 Å².